The van der Waals surface area contributed by atoms with E-state index in [0.717, 1.165) is 17.1 Å². The molecule has 0 aliphatic rings. The maximum absolute atomic E-state index is 12.7. The first-order chi connectivity index (χ1) is 13.5. The number of benzene rings is 2. The van der Waals surface area contributed by atoms with Crippen LogP contribution in [-0.2, 0) is 9.53 Å². The van der Waals surface area contributed by atoms with Crippen molar-refractivity contribution in [2.24, 2.45) is 0 Å². The molecule has 1 heterocycles. The van der Waals surface area contributed by atoms with Crippen molar-refractivity contribution in [3.63, 3.8) is 0 Å². The molecule has 28 heavy (non-hydrogen) atoms. The Hall–Kier alpha value is -3.41. The summed E-state index contributed by atoms with van der Waals surface area (Å²) < 4.78 is 7.18. The molecule has 144 valence electrons. The van der Waals surface area contributed by atoms with Gasteiger partial charge in [0.15, 0.2) is 6.10 Å². The minimum Gasteiger partial charge on any atom is -0.449 e. The number of rotatable bonds is 6. The van der Waals surface area contributed by atoms with Gasteiger partial charge in [-0.25, -0.2) is 9.48 Å². The molecule has 0 saturated heterocycles. The number of amides is 1. The predicted octanol–water partition coefficient (Wildman–Crippen LogP) is 3.78. The highest BCUT2D eigenvalue weighted by Crippen LogP contribution is 2.17. The van der Waals surface area contributed by atoms with Gasteiger partial charge in [0.05, 0.1) is 11.3 Å². The summed E-state index contributed by atoms with van der Waals surface area (Å²) >= 11 is 0. The predicted molar refractivity (Wildman–Crippen MR) is 108 cm³/mol. The van der Waals surface area contributed by atoms with Crippen molar-refractivity contribution in [1.82, 2.24) is 9.78 Å². The van der Waals surface area contributed by atoms with Gasteiger partial charge in [0.25, 0.3) is 5.91 Å². The molecular formula is C22H23N3O3. The molecule has 0 N–H and O–H groups in total. The van der Waals surface area contributed by atoms with Gasteiger partial charge in [0.2, 0.25) is 0 Å². The molecule has 3 aromatic rings. The molecule has 0 spiro atoms. The zero-order valence-corrected chi connectivity index (χ0v) is 16.2. The number of anilines is 1. The van der Waals surface area contributed by atoms with Crippen LogP contribution in [0.4, 0.5) is 5.69 Å². The van der Waals surface area contributed by atoms with Crippen molar-refractivity contribution in [2.75, 3.05) is 11.4 Å². The second kappa shape index (κ2) is 8.52. The third-order valence-electron chi connectivity index (χ3n) is 4.46. The van der Waals surface area contributed by atoms with Gasteiger partial charge in [0.1, 0.15) is 0 Å². The molecule has 0 bridgehead atoms. The average Bonchev–Trinajstić information content (AvgIpc) is 3.15. The Morgan fingerprint density at radius 1 is 1.07 bits per heavy atom. The number of nitrogens with zero attached hydrogens (tertiary/aromatic N) is 3. The summed E-state index contributed by atoms with van der Waals surface area (Å²) in [5.74, 6) is -0.792. The van der Waals surface area contributed by atoms with Gasteiger partial charge >= 0.3 is 5.97 Å². The fourth-order valence-corrected chi connectivity index (χ4v) is 2.95. The van der Waals surface area contributed by atoms with Crippen LogP contribution in [0.15, 0.2) is 66.9 Å². The molecule has 0 saturated carbocycles. The first-order valence-corrected chi connectivity index (χ1v) is 9.19. The smallest absolute Gasteiger partial charge is 0.338 e. The number of carbonyl (C=O) groups excluding carboxylic acids is 2. The Bertz CT molecular complexity index is 949. The summed E-state index contributed by atoms with van der Waals surface area (Å²) in [4.78, 5) is 26.8. The Balaban J connectivity index is 1.68. The molecular weight excluding hydrogens is 354 g/mol. The van der Waals surface area contributed by atoms with Crippen LogP contribution in [0.3, 0.4) is 0 Å². The second-order valence-electron chi connectivity index (χ2n) is 6.40. The van der Waals surface area contributed by atoms with Gasteiger partial charge in [-0.05, 0) is 63.2 Å². The monoisotopic (exact) mass is 377 g/mol. The molecule has 6 heteroatoms. The van der Waals surface area contributed by atoms with Gasteiger partial charge in [0, 0.05) is 24.1 Å². The summed E-state index contributed by atoms with van der Waals surface area (Å²) in [5.41, 5.74) is 3.01. The number of esters is 1. The molecule has 1 aromatic heterocycles. The minimum atomic E-state index is -0.888. The molecule has 0 aliphatic carbocycles. The van der Waals surface area contributed by atoms with E-state index in [1.807, 2.05) is 50.2 Å². The zero-order valence-electron chi connectivity index (χ0n) is 16.2. The Kier molecular flexibility index (Phi) is 5.89. The first-order valence-electron chi connectivity index (χ1n) is 9.19. The van der Waals surface area contributed by atoms with Crippen LogP contribution in [0.25, 0.3) is 5.69 Å². The van der Waals surface area contributed by atoms with E-state index in [2.05, 4.69) is 5.10 Å². The number of hydrogen-bond donors (Lipinski definition) is 0. The molecule has 6 nitrogen and oxygen atoms in total. The largest absolute Gasteiger partial charge is 0.449 e. The van der Waals surface area contributed by atoms with Crippen LogP contribution in [-0.4, -0.2) is 34.3 Å². The highest BCUT2D eigenvalue weighted by atomic mass is 16.5. The van der Waals surface area contributed by atoms with E-state index in [1.165, 1.54) is 0 Å². The van der Waals surface area contributed by atoms with Crippen LogP contribution in [0, 0.1) is 6.92 Å². The van der Waals surface area contributed by atoms with Crippen molar-refractivity contribution in [2.45, 2.75) is 26.9 Å². The maximum Gasteiger partial charge on any atom is 0.338 e. The summed E-state index contributed by atoms with van der Waals surface area (Å²) in [5, 5.41) is 4.24. The van der Waals surface area contributed by atoms with Gasteiger partial charge in [-0.2, -0.15) is 5.10 Å². The summed E-state index contributed by atoms with van der Waals surface area (Å²) in [7, 11) is 0. The molecule has 3 rings (SSSR count). The molecule has 0 unspecified atom stereocenters. The number of carbonyl (C=O) groups is 2. The molecule has 0 radical (unpaired) electrons. The lowest BCUT2D eigenvalue weighted by molar-refractivity contribution is -0.126. The first kappa shape index (κ1) is 19.4. The normalized spacial score (nSPS) is 11.7. The van der Waals surface area contributed by atoms with E-state index in [9.17, 15) is 9.59 Å². The van der Waals surface area contributed by atoms with E-state index in [4.69, 9.17) is 4.74 Å². The fourth-order valence-electron chi connectivity index (χ4n) is 2.95. The SMILES string of the molecule is CCN(C(=O)[C@@H](C)OC(=O)c1ccc(-n2nccc2C)cc1)c1ccccc1. The third-order valence-corrected chi connectivity index (χ3v) is 4.46. The Morgan fingerprint density at radius 3 is 2.32 bits per heavy atom. The molecule has 1 atom stereocenters. The topological polar surface area (TPSA) is 64.4 Å². The van der Waals surface area contributed by atoms with E-state index in [0.29, 0.717) is 12.1 Å². The van der Waals surface area contributed by atoms with Crippen LogP contribution < -0.4 is 4.90 Å². The lowest BCUT2D eigenvalue weighted by Gasteiger charge is -2.24. The fraction of sp³-hybridized carbons (Fsp3) is 0.227. The van der Waals surface area contributed by atoms with E-state index in [1.54, 1.807) is 47.0 Å². The third kappa shape index (κ3) is 4.11. The number of hydrogen-bond acceptors (Lipinski definition) is 4. The molecule has 2 aromatic carbocycles. The lowest BCUT2D eigenvalue weighted by Crippen LogP contribution is -2.40. The maximum atomic E-state index is 12.7. The minimum absolute atomic E-state index is 0.258. The number of aryl methyl sites for hydroxylation is 1. The van der Waals surface area contributed by atoms with Crippen molar-refractivity contribution in [3.8, 4) is 5.69 Å². The van der Waals surface area contributed by atoms with Gasteiger partial charge in [-0.1, -0.05) is 18.2 Å². The van der Waals surface area contributed by atoms with Crippen LogP contribution in [0.1, 0.15) is 29.9 Å². The quantitative estimate of drug-likeness (QED) is 0.613. The number of aromatic nitrogens is 2. The van der Waals surface area contributed by atoms with Gasteiger partial charge in [-0.15, -0.1) is 0 Å². The van der Waals surface area contributed by atoms with E-state index < -0.39 is 12.1 Å². The number of likely N-dealkylation sites (N-methyl/N-ethyl adjacent to an activating group) is 1. The molecule has 1 amide bonds. The Morgan fingerprint density at radius 2 is 1.75 bits per heavy atom. The standard InChI is InChI=1S/C22H23N3O3/c1-4-24(19-8-6-5-7-9-19)21(26)17(3)28-22(27)18-10-12-20(13-11-18)25-16(2)14-15-23-25/h5-15,17H,4H2,1-3H3/t17-/m1/s1. The highest BCUT2D eigenvalue weighted by Gasteiger charge is 2.24. The van der Waals surface area contributed by atoms with E-state index >= 15 is 0 Å². The second-order valence-corrected chi connectivity index (χ2v) is 6.40. The van der Waals surface area contributed by atoms with Crippen molar-refractivity contribution in [1.29, 1.82) is 0 Å². The number of para-hydroxylation sites is 1. The van der Waals surface area contributed by atoms with Crippen LogP contribution in [0.2, 0.25) is 0 Å². The van der Waals surface area contributed by atoms with Crippen molar-refractivity contribution >= 4 is 17.6 Å². The van der Waals surface area contributed by atoms with Crippen molar-refractivity contribution < 1.29 is 14.3 Å². The number of ether oxygens (including phenoxy) is 1. The van der Waals surface area contributed by atoms with Gasteiger partial charge in [-0.3, -0.25) is 4.79 Å². The lowest BCUT2D eigenvalue weighted by atomic mass is 10.2. The summed E-state index contributed by atoms with van der Waals surface area (Å²) in [6.07, 6.45) is 0.831. The van der Waals surface area contributed by atoms with Gasteiger partial charge < -0.3 is 9.64 Å². The molecule has 0 aliphatic heterocycles. The average molecular weight is 377 g/mol. The highest BCUT2D eigenvalue weighted by molar-refractivity contribution is 5.99. The summed E-state index contributed by atoms with van der Waals surface area (Å²) in [6.45, 7) is 5.92. The Labute approximate surface area is 164 Å². The van der Waals surface area contributed by atoms with Crippen molar-refractivity contribution in [3.05, 3.63) is 78.1 Å². The van der Waals surface area contributed by atoms with E-state index in [-0.39, 0.29) is 5.91 Å². The zero-order chi connectivity index (χ0) is 20.1. The molecule has 0 fully saturated rings. The van der Waals surface area contributed by atoms with Crippen LogP contribution in [0.5, 0.6) is 0 Å². The van der Waals surface area contributed by atoms with Crippen LogP contribution >= 0.6 is 0 Å². The summed E-state index contributed by atoms with van der Waals surface area (Å²) in [6, 6.07) is 18.2.